The first kappa shape index (κ1) is 14.2. The van der Waals surface area contributed by atoms with Crippen LogP contribution < -0.4 is 0 Å². The molecule has 22 heavy (non-hydrogen) atoms. The zero-order chi connectivity index (χ0) is 15.5. The number of benzene rings is 2. The van der Waals surface area contributed by atoms with Crippen LogP contribution in [0.3, 0.4) is 0 Å². The normalized spacial score (nSPS) is 10.5. The van der Waals surface area contributed by atoms with E-state index < -0.39 is 0 Å². The lowest BCUT2D eigenvalue weighted by Gasteiger charge is -2.04. The van der Waals surface area contributed by atoms with Gasteiger partial charge < -0.3 is 0 Å². The molecule has 2 aromatic carbocycles. The fraction of sp³-hybridized carbons (Fsp3) is 0.100. The average Bonchev–Trinajstić information content (AvgIpc) is 2.56. The Kier molecular flexibility index (Phi) is 3.84. The van der Waals surface area contributed by atoms with Crippen molar-refractivity contribution in [3.05, 3.63) is 89.1 Å². The van der Waals surface area contributed by atoms with Gasteiger partial charge in [0.2, 0.25) is 0 Å². The fourth-order valence-corrected chi connectivity index (χ4v) is 2.29. The van der Waals surface area contributed by atoms with Gasteiger partial charge >= 0.3 is 0 Å². The largest absolute Gasteiger partial charge is 0.289 e. The maximum absolute atomic E-state index is 12.4. The van der Waals surface area contributed by atoms with Crippen molar-refractivity contribution in [3.63, 3.8) is 0 Å². The number of carbonyl (C=O) groups is 1. The van der Waals surface area contributed by atoms with E-state index in [9.17, 15) is 4.79 Å². The van der Waals surface area contributed by atoms with Crippen LogP contribution in [-0.4, -0.2) is 10.8 Å². The van der Waals surface area contributed by atoms with Crippen LogP contribution in [0.2, 0.25) is 0 Å². The third kappa shape index (κ3) is 2.96. The number of pyridine rings is 1. The van der Waals surface area contributed by atoms with E-state index in [1.807, 2.05) is 55.5 Å². The highest BCUT2D eigenvalue weighted by Crippen LogP contribution is 2.18. The average molecular weight is 287 g/mol. The molecule has 0 N–H and O–H groups in total. The second kappa shape index (κ2) is 5.94. The van der Waals surface area contributed by atoms with Crippen molar-refractivity contribution in [1.29, 1.82) is 0 Å². The molecule has 0 atom stereocenters. The van der Waals surface area contributed by atoms with Gasteiger partial charge in [-0.3, -0.25) is 9.78 Å². The number of nitrogens with zero attached hydrogens (tertiary/aromatic N) is 1. The molecule has 0 aliphatic rings. The first-order chi connectivity index (χ1) is 10.6. The van der Waals surface area contributed by atoms with Gasteiger partial charge in [-0.2, -0.15) is 0 Å². The summed E-state index contributed by atoms with van der Waals surface area (Å²) in [5.41, 5.74) is 5.59. The van der Waals surface area contributed by atoms with Crippen LogP contribution in [0.15, 0.2) is 66.9 Å². The third-order valence-corrected chi connectivity index (χ3v) is 3.69. The number of carbonyl (C=O) groups excluding carboxylic acids is 1. The lowest BCUT2D eigenvalue weighted by Crippen LogP contribution is -2.02. The number of rotatable bonds is 3. The summed E-state index contributed by atoms with van der Waals surface area (Å²) in [5, 5.41) is 0. The maximum Gasteiger partial charge on any atom is 0.194 e. The first-order valence-corrected chi connectivity index (χ1v) is 7.28. The molecule has 108 valence electrons. The predicted molar refractivity (Wildman–Crippen MR) is 89.0 cm³/mol. The molecule has 0 radical (unpaired) electrons. The minimum atomic E-state index is 0.00274. The van der Waals surface area contributed by atoms with E-state index in [1.165, 1.54) is 5.56 Å². The number of hydrogen-bond donors (Lipinski definition) is 0. The first-order valence-electron chi connectivity index (χ1n) is 7.28. The summed E-state index contributed by atoms with van der Waals surface area (Å²) >= 11 is 0. The summed E-state index contributed by atoms with van der Waals surface area (Å²) < 4.78 is 0. The van der Waals surface area contributed by atoms with Gasteiger partial charge in [-0.05, 0) is 26.0 Å². The minimum Gasteiger partial charge on any atom is -0.289 e. The molecule has 0 bridgehead atoms. The molecule has 0 saturated heterocycles. The summed E-state index contributed by atoms with van der Waals surface area (Å²) in [6.45, 7) is 4.06. The fourth-order valence-electron chi connectivity index (χ4n) is 2.29. The van der Waals surface area contributed by atoms with Gasteiger partial charge in [0.15, 0.2) is 5.78 Å². The van der Waals surface area contributed by atoms with Gasteiger partial charge in [0.1, 0.15) is 0 Å². The lowest BCUT2D eigenvalue weighted by atomic mass is 10.0. The predicted octanol–water partition coefficient (Wildman–Crippen LogP) is 4.60. The number of aromatic nitrogens is 1. The van der Waals surface area contributed by atoms with Crippen molar-refractivity contribution in [2.45, 2.75) is 13.8 Å². The molecule has 0 fully saturated rings. The Hall–Kier alpha value is -2.74. The van der Waals surface area contributed by atoms with Crippen molar-refractivity contribution in [3.8, 4) is 11.3 Å². The van der Waals surface area contributed by atoms with Gasteiger partial charge in [-0.1, -0.05) is 59.7 Å². The molecule has 3 rings (SSSR count). The zero-order valence-corrected chi connectivity index (χ0v) is 12.7. The van der Waals surface area contributed by atoms with Gasteiger partial charge in [0, 0.05) is 22.9 Å². The van der Waals surface area contributed by atoms with E-state index in [2.05, 4.69) is 24.0 Å². The van der Waals surface area contributed by atoms with Gasteiger partial charge in [0.25, 0.3) is 0 Å². The highest BCUT2D eigenvalue weighted by molar-refractivity contribution is 6.08. The molecule has 0 spiro atoms. The molecule has 3 aromatic rings. The highest BCUT2D eigenvalue weighted by Gasteiger charge is 2.09. The number of aryl methyl sites for hydroxylation is 2. The second-order valence-electron chi connectivity index (χ2n) is 5.49. The summed E-state index contributed by atoms with van der Waals surface area (Å²) in [5.74, 6) is 0.00274. The summed E-state index contributed by atoms with van der Waals surface area (Å²) in [6, 6.07) is 19.5. The molecule has 0 aliphatic heterocycles. The third-order valence-electron chi connectivity index (χ3n) is 3.69. The molecule has 2 heteroatoms. The van der Waals surface area contributed by atoms with Crippen LogP contribution in [-0.2, 0) is 0 Å². The van der Waals surface area contributed by atoms with E-state index in [1.54, 1.807) is 6.20 Å². The molecule has 1 heterocycles. The van der Waals surface area contributed by atoms with Crippen molar-refractivity contribution < 1.29 is 4.79 Å². The van der Waals surface area contributed by atoms with Crippen LogP contribution >= 0.6 is 0 Å². The van der Waals surface area contributed by atoms with E-state index in [4.69, 9.17) is 0 Å². The Labute approximate surface area is 130 Å². The molecule has 0 amide bonds. The molecule has 0 saturated carbocycles. The Morgan fingerprint density at radius 1 is 0.727 bits per heavy atom. The lowest BCUT2D eigenvalue weighted by molar-refractivity contribution is 0.103. The Morgan fingerprint density at radius 2 is 1.27 bits per heavy atom. The molecule has 2 nitrogen and oxygen atoms in total. The van der Waals surface area contributed by atoms with Crippen LogP contribution in [0.25, 0.3) is 11.3 Å². The smallest absolute Gasteiger partial charge is 0.194 e. The topological polar surface area (TPSA) is 30.0 Å². The number of ketones is 1. The van der Waals surface area contributed by atoms with Crippen LogP contribution in [0.4, 0.5) is 0 Å². The van der Waals surface area contributed by atoms with Crippen molar-refractivity contribution in [2.24, 2.45) is 0 Å². The molecule has 0 aliphatic carbocycles. The van der Waals surface area contributed by atoms with E-state index >= 15 is 0 Å². The van der Waals surface area contributed by atoms with Crippen LogP contribution in [0.5, 0.6) is 0 Å². The van der Waals surface area contributed by atoms with Crippen molar-refractivity contribution in [2.75, 3.05) is 0 Å². The number of hydrogen-bond acceptors (Lipinski definition) is 2. The van der Waals surface area contributed by atoms with Gasteiger partial charge in [-0.15, -0.1) is 0 Å². The molecule has 1 aromatic heterocycles. The van der Waals surface area contributed by atoms with E-state index in [-0.39, 0.29) is 5.78 Å². The van der Waals surface area contributed by atoms with Gasteiger partial charge in [-0.25, -0.2) is 0 Å². The summed E-state index contributed by atoms with van der Waals surface area (Å²) in [6.07, 6.45) is 1.65. The van der Waals surface area contributed by atoms with Crippen LogP contribution in [0, 0.1) is 13.8 Å². The highest BCUT2D eigenvalue weighted by atomic mass is 16.1. The second-order valence-corrected chi connectivity index (χ2v) is 5.49. The summed E-state index contributed by atoms with van der Waals surface area (Å²) in [4.78, 5) is 16.8. The van der Waals surface area contributed by atoms with Crippen molar-refractivity contribution in [1.82, 2.24) is 4.98 Å². The van der Waals surface area contributed by atoms with Gasteiger partial charge in [0.05, 0.1) is 5.69 Å². The zero-order valence-electron chi connectivity index (χ0n) is 12.7. The maximum atomic E-state index is 12.4. The summed E-state index contributed by atoms with van der Waals surface area (Å²) in [7, 11) is 0. The standard InChI is InChI=1S/C20H17NO/c1-14-3-7-16(8-4-14)19-12-11-18(13-21-19)20(22)17-9-5-15(2)6-10-17/h3-13H,1-2H3. The molecular formula is C20H17NO. The SMILES string of the molecule is Cc1ccc(C(=O)c2ccc(-c3ccc(C)cc3)nc2)cc1. The van der Waals surface area contributed by atoms with Crippen molar-refractivity contribution >= 4 is 5.78 Å². The van der Waals surface area contributed by atoms with E-state index in [0.717, 1.165) is 16.8 Å². The van der Waals surface area contributed by atoms with Crippen LogP contribution in [0.1, 0.15) is 27.0 Å². The Morgan fingerprint density at radius 3 is 1.82 bits per heavy atom. The molecular weight excluding hydrogens is 270 g/mol. The Balaban J connectivity index is 1.86. The monoisotopic (exact) mass is 287 g/mol. The quantitative estimate of drug-likeness (QED) is 0.659. The Bertz CT molecular complexity index is 785. The molecule has 0 unspecified atom stereocenters. The minimum absolute atomic E-state index is 0.00274. The van der Waals surface area contributed by atoms with E-state index in [0.29, 0.717) is 11.1 Å².